The highest BCUT2D eigenvalue weighted by Crippen LogP contribution is 2.27. The number of amides is 2. The lowest BCUT2D eigenvalue weighted by Gasteiger charge is -2.38. The fourth-order valence-electron chi connectivity index (χ4n) is 4.23. The number of aryl methyl sites for hydroxylation is 1. The molecule has 172 valence electrons. The van der Waals surface area contributed by atoms with Gasteiger partial charge in [-0.25, -0.2) is 4.98 Å². The van der Waals surface area contributed by atoms with Gasteiger partial charge in [-0.05, 0) is 17.7 Å². The smallest absolute Gasteiger partial charge is 0.274 e. The van der Waals surface area contributed by atoms with E-state index in [1.165, 1.54) is 0 Å². The Morgan fingerprint density at radius 3 is 2.45 bits per heavy atom. The van der Waals surface area contributed by atoms with Crippen molar-refractivity contribution in [1.29, 1.82) is 0 Å². The van der Waals surface area contributed by atoms with Crippen molar-refractivity contribution in [3.05, 3.63) is 84.4 Å². The first-order valence-electron chi connectivity index (χ1n) is 11.3. The molecule has 1 aliphatic heterocycles. The van der Waals surface area contributed by atoms with Crippen LogP contribution in [-0.2, 0) is 18.4 Å². The minimum absolute atomic E-state index is 0.0395. The molecule has 0 N–H and O–H groups in total. The second kappa shape index (κ2) is 10.3. The number of hydrogen-bond acceptors (Lipinski definition) is 4. The second-order valence-electron chi connectivity index (χ2n) is 8.63. The number of hydrogen-bond donors (Lipinski definition) is 0. The van der Waals surface area contributed by atoms with Crippen molar-refractivity contribution in [2.45, 2.75) is 25.5 Å². The van der Waals surface area contributed by atoms with E-state index in [0.29, 0.717) is 38.2 Å². The zero-order valence-corrected chi connectivity index (χ0v) is 19.1. The molecule has 2 heterocycles. The van der Waals surface area contributed by atoms with Crippen LogP contribution in [-0.4, -0.2) is 57.4 Å². The van der Waals surface area contributed by atoms with Crippen LogP contribution < -0.4 is 4.74 Å². The predicted molar refractivity (Wildman–Crippen MR) is 126 cm³/mol. The molecule has 7 heteroatoms. The van der Waals surface area contributed by atoms with E-state index in [0.717, 1.165) is 11.3 Å². The van der Waals surface area contributed by atoms with Gasteiger partial charge in [-0.3, -0.25) is 9.59 Å². The van der Waals surface area contributed by atoms with E-state index < -0.39 is 0 Å². The van der Waals surface area contributed by atoms with Crippen molar-refractivity contribution in [3.8, 4) is 5.75 Å². The number of carbonyl (C=O) groups is 2. The van der Waals surface area contributed by atoms with E-state index in [4.69, 9.17) is 4.74 Å². The van der Waals surface area contributed by atoms with Crippen LogP contribution in [0.1, 0.15) is 28.9 Å². The third-order valence-corrected chi connectivity index (χ3v) is 6.03. The molecule has 7 nitrogen and oxygen atoms in total. The Balaban J connectivity index is 1.46. The zero-order valence-electron chi connectivity index (χ0n) is 19.1. The molecule has 2 amide bonds. The zero-order chi connectivity index (χ0) is 23.2. The highest BCUT2D eigenvalue weighted by Gasteiger charge is 2.35. The van der Waals surface area contributed by atoms with Gasteiger partial charge >= 0.3 is 0 Å². The fourth-order valence-corrected chi connectivity index (χ4v) is 4.23. The Morgan fingerprint density at radius 2 is 1.79 bits per heavy atom. The molecule has 33 heavy (non-hydrogen) atoms. The first-order valence-corrected chi connectivity index (χ1v) is 11.3. The summed E-state index contributed by atoms with van der Waals surface area (Å²) in [7, 11) is 3.66. The highest BCUT2D eigenvalue weighted by molar-refractivity contribution is 5.92. The Hall–Kier alpha value is -3.61. The van der Waals surface area contributed by atoms with Gasteiger partial charge in [-0.1, -0.05) is 48.5 Å². The molecule has 1 aromatic heterocycles. The van der Waals surface area contributed by atoms with Crippen LogP contribution in [0.5, 0.6) is 5.75 Å². The summed E-state index contributed by atoms with van der Waals surface area (Å²) in [6.45, 7) is 1.57. The van der Waals surface area contributed by atoms with Crippen molar-refractivity contribution in [3.63, 3.8) is 0 Å². The molecular formula is C26H30N4O3. The van der Waals surface area contributed by atoms with E-state index in [1.807, 2.05) is 74.8 Å². The molecule has 1 fully saturated rings. The molecule has 3 aromatic rings. The highest BCUT2D eigenvalue weighted by atomic mass is 16.5. The van der Waals surface area contributed by atoms with Crippen LogP contribution in [0.25, 0.3) is 0 Å². The van der Waals surface area contributed by atoms with Gasteiger partial charge in [0.2, 0.25) is 5.91 Å². The topological polar surface area (TPSA) is 67.7 Å². The molecule has 2 atom stereocenters. The van der Waals surface area contributed by atoms with Gasteiger partial charge in [-0.15, -0.1) is 0 Å². The van der Waals surface area contributed by atoms with Crippen molar-refractivity contribution in [2.24, 2.45) is 13.0 Å². The molecule has 1 aliphatic rings. The number of nitrogens with zero attached hydrogens (tertiary/aromatic N) is 4. The summed E-state index contributed by atoms with van der Waals surface area (Å²) in [5.74, 6) is 0.598. The minimum Gasteiger partial charge on any atom is -0.490 e. The summed E-state index contributed by atoms with van der Waals surface area (Å²) >= 11 is 0. The van der Waals surface area contributed by atoms with E-state index in [9.17, 15) is 9.59 Å². The minimum atomic E-state index is -0.144. The molecule has 4 rings (SSSR count). The van der Waals surface area contributed by atoms with Gasteiger partial charge in [0.25, 0.3) is 5.91 Å². The summed E-state index contributed by atoms with van der Waals surface area (Å²) in [6.07, 6.45) is 4.18. The van der Waals surface area contributed by atoms with Crippen LogP contribution in [0.2, 0.25) is 0 Å². The Kier molecular flexibility index (Phi) is 7.07. The number of para-hydroxylation sites is 1. The quantitative estimate of drug-likeness (QED) is 0.558. The van der Waals surface area contributed by atoms with Gasteiger partial charge in [0.15, 0.2) is 0 Å². The van der Waals surface area contributed by atoms with Gasteiger partial charge in [-0.2, -0.15) is 0 Å². The van der Waals surface area contributed by atoms with Gasteiger partial charge < -0.3 is 19.1 Å². The van der Waals surface area contributed by atoms with Crippen LogP contribution in [0, 0.1) is 5.92 Å². The normalized spacial score (nSPS) is 18.1. The Morgan fingerprint density at radius 1 is 1.09 bits per heavy atom. The number of benzene rings is 2. The molecule has 1 saturated heterocycles. The van der Waals surface area contributed by atoms with Gasteiger partial charge in [0.1, 0.15) is 17.5 Å². The third kappa shape index (κ3) is 5.80. The van der Waals surface area contributed by atoms with Crippen molar-refractivity contribution < 1.29 is 14.3 Å². The van der Waals surface area contributed by atoms with E-state index in [2.05, 4.69) is 4.98 Å². The summed E-state index contributed by atoms with van der Waals surface area (Å²) in [5, 5.41) is 0. The van der Waals surface area contributed by atoms with Crippen LogP contribution in [0.3, 0.4) is 0 Å². The molecule has 0 aliphatic carbocycles. The number of imidazole rings is 1. The third-order valence-electron chi connectivity index (χ3n) is 6.03. The molecule has 2 aromatic carbocycles. The fraction of sp³-hybridized carbons (Fsp3) is 0.346. The monoisotopic (exact) mass is 446 g/mol. The predicted octanol–water partition coefficient (Wildman–Crippen LogP) is 3.38. The number of piperidine rings is 1. The maximum Gasteiger partial charge on any atom is 0.274 e. The number of carbonyl (C=O) groups excluding carboxylic acids is 2. The number of rotatable bonds is 7. The standard InChI is InChI=1S/C26H30N4O3/c1-28-18-23(27-19-28)26(32)30-14-13-24(33-22-11-7-4-8-12-22)21(17-30)15-25(31)29(2)16-20-9-5-3-6-10-20/h3-12,18-19,21,24H,13-17H2,1-2H3/t21-,24-/m0/s1. The summed E-state index contributed by atoms with van der Waals surface area (Å²) in [4.78, 5) is 33.9. The lowest BCUT2D eigenvalue weighted by molar-refractivity contribution is -0.132. The lowest BCUT2D eigenvalue weighted by Crippen LogP contribution is -2.49. The van der Waals surface area contributed by atoms with Gasteiger partial charge in [0.05, 0.1) is 6.33 Å². The average molecular weight is 447 g/mol. The summed E-state index contributed by atoms with van der Waals surface area (Å²) in [6, 6.07) is 19.6. The molecule has 0 saturated carbocycles. The average Bonchev–Trinajstić information content (AvgIpc) is 3.27. The number of ether oxygens (including phenoxy) is 1. The Labute approximate surface area is 194 Å². The molecule has 0 spiro atoms. The number of aromatic nitrogens is 2. The molecule has 0 unspecified atom stereocenters. The maximum absolute atomic E-state index is 13.1. The second-order valence-corrected chi connectivity index (χ2v) is 8.63. The van der Waals surface area contributed by atoms with Crippen molar-refractivity contribution in [1.82, 2.24) is 19.4 Å². The summed E-state index contributed by atoms with van der Waals surface area (Å²) < 4.78 is 8.04. The van der Waals surface area contributed by atoms with E-state index in [-0.39, 0.29) is 23.8 Å². The molecular weight excluding hydrogens is 416 g/mol. The molecule has 0 radical (unpaired) electrons. The van der Waals surface area contributed by atoms with Crippen LogP contribution in [0.4, 0.5) is 0 Å². The van der Waals surface area contributed by atoms with E-state index >= 15 is 0 Å². The SMILES string of the molecule is CN(Cc1ccccc1)C(=O)C[C@H]1CN(C(=O)c2cn(C)cn2)CC[C@@H]1Oc1ccccc1. The van der Waals surface area contributed by atoms with Crippen LogP contribution in [0.15, 0.2) is 73.2 Å². The van der Waals surface area contributed by atoms with Crippen LogP contribution >= 0.6 is 0 Å². The van der Waals surface area contributed by atoms with Gasteiger partial charge in [0, 0.05) is 58.7 Å². The first kappa shape index (κ1) is 22.6. The lowest BCUT2D eigenvalue weighted by atomic mass is 9.90. The largest absolute Gasteiger partial charge is 0.490 e. The first-order chi connectivity index (χ1) is 16.0. The number of likely N-dealkylation sites (tertiary alicyclic amines) is 1. The van der Waals surface area contributed by atoms with Crippen molar-refractivity contribution in [2.75, 3.05) is 20.1 Å². The van der Waals surface area contributed by atoms with Crippen molar-refractivity contribution >= 4 is 11.8 Å². The van der Waals surface area contributed by atoms with E-state index in [1.54, 1.807) is 26.9 Å². The Bertz CT molecular complexity index is 1070. The maximum atomic E-state index is 13.1. The molecule has 0 bridgehead atoms. The summed E-state index contributed by atoms with van der Waals surface area (Å²) in [5.41, 5.74) is 1.51.